The summed E-state index contributed by atoms with van der Waals surface area (Å²) >= 11 is 7.71. The molecule has 2 heterocycles. The van der Waals surface area contributed by atoms with Crippen molar-refractivity contribution in [1.82, 2.24) is 4.90 Å². The van der Waals surface area contributed by atoms with Gasteiger partial charge in [0.2, 0.25) is 0 Å². The maximum Gasteiger partial charge on any atom is 0.110 e. The third-order valence-corrected chi connectivity index (χ3v) is 4.50. The van der Waals surface area contributed by atoms with E-state index in [0.717, 1.165) is 49.3 Å². The van der Waals surface area contributed by atoms with Gasteiger partial charge in [-0.15, -0.1) is 11.3 Å². The summed E-state index contributed by atoms with van der Waals surface area (Å²) in [5.41, 5.74) is 0.942. The number of amidine groups is 1. The minimum Gasteiger partial charge on any atom is -0.378 e. The highest BCUT2D eigenvalue weighted by Gasteiger charge is 2.16. The third kappa shape index (κ3) is 4.06. The number of halogens is 1. The molecule has 0 atom stereocenters. The number of morpholine rings is 1. The van der Waals surface area contributed by atoms with Crippen LogP contribution >= 0.6 is 22.9 Å². The Morgan fingerprint density at radius 1 is 1.19 bits per heavy atom. The molecule has 1 aromatic heterocycles. The first-order valence-corrected chi connectivity index (χ1v) is 8.25. The molecule has 0 saturated carbocycles. The molecule has 1 aliphatic rings. The topological polar surface area (TPSA) is 24.8 Å². The summed E-state index contributed by atoms with van der Waals surface area (Å²) in [5, 5.41) is 2.84. The second-order valence-electron chi connectivity index (χ2n) is 4.86. The van der Waals surface area contributed by atoms with Crippen LogP contribution in [0.4, 0.5) is 5.69 Å². The summed E-state index contributed by atoms with van der Waals surface area (Å²) in [6, 6.07) is 11.9. The molecule has 0 N–H and O–H groups in total. The van der Waals surface area contributed by atoms with Crippen LogP contribution in [0.15, 0.2) is 46.8 Å². The molecule has 3 nitrogen and oxygen atoms in total. The van der Waals surface area contributed by atoms with E-state index in [0.29, 0.717) is 0 Å². The number of hydrogen-bond donors (Lipinski definition) is 0. The molecule has 0 radical (unpaired) electrons. The molecule has 1 saturated heterocycles. The maximum atomic E-state index is 5.94. The van der Waals surface area contributed by atoms with Crippen molar-refractivity contribution in [2.24, 2.45) is 4.99 Å². The van der Waals surface area contributed by atoms with Crippen LogP contribution in [0.3, 0.4) is 0 Å². The predicted octanol–water partition coefficient (Wildman–Crippen LogP) is 4.01. The van der Waals surface area contributed by atoms with Gasteiger partial charge in [-0.25, -0.2) is 4.99 Å². The van der Waals surface area contributed by atoms with E-state index in [1.54, 1.807) is 11.3 Å². The molecular formula is C16H17ClN2OS. The smallest absolute Gasteiger partial charge is 0.110 e. The van der Waals surface area contributed by atoms with Gasteiger partial charge in [0.05, 0.1) is 18.9 Å². The molecule has 1 fully saturated rings. The Kier molecular flexibility index (Phi) is 4.91. The van der Waals surface area contributed by atoms with E-state index in [4.69, 9.17) is 21.3 Å². The summed E-state index contributed by atoms with van der Waals surface area (Å²) in [4.78, 5) is 8.48. The molecule has 0 unspecified atom stereocenters. The second kappa shape index (κ2) is 7.07. The zero-order chi connectivity index (χ0) is 14.5. The van der Waals surface area contributed by atoms with Crippen molar-refractivity contribution in [2.45, 2.75) is 6.42 Å². The van der Waals surface area contributed by atoms with Gasteiger partial charge in [0.1, 0.15) is 5.84 Å². The number of benzene rings is 1. The number of nitrogens with zero attached hydrogens (tertiary/aromatic N) is 2. The van der Waals surface area contributed by atoms with Gasteiger partial charge in [-0.3, -0.25) is 0 Å². The Bertz CT molecular complexity index is 589. The van der Waals surface area contributed by atoms with Crippen molar-refractivity contribution in [3.05, 3.63) is 51.7 Å². The SMILES string of the molecule is Clc1ccc(N=C(Cc2cccs2)N2CCOCC2)cc1. The van der Waals surface area contributed by atoms with Crippen molar-refractivity contribution >= 4 is 34.5 Å². The first kappa shape index (κ1) is 14.6. The molecule has 21 heavy (non-hydrogen) atoms. The van der Waals surface area contributed by atoms with Gasteiger partial charge in [0, 0.05) is 29.4 Å². The number of thiophene rings is 1. The van der Waals surface area contributed by atoms with Gasteiger partial charge in [-0.1, -0.05) is 17.7 Å². The highest BCUT2D eigenvalue weighted by molar-refractivity contribution is 7.10. The summed E-state index contributed by atoms with van der Waals surface area (Å²) in [7, 11) is 0. The summed E-state index contributed by atoms with van der Waals surface area (Å²) < 4.78 is 5.44. The summed E-state index contributed by atoms with van der Waals surface area (Å²) in [6.07, 6.45) is 0.861. The van der Waals surface area contributed by atoms with Crippen molar-refractivity contribution < 1.29 is 4.74 Å². The monoisotopic (exact) mass is 320 g/mol. The van der Waals surface area contributed by atoms with E-state index in [-0.39, 0.29) is 0 Å². The van der Waals surface area contributed by atoms with Gasteiger partial charge in [-0.2, -0.15) is 0 Å². The minimum atomic E-state index is 0.736. The fourth-order valence-electron chi connectivity index (χ4n) is 2.28. The van der Waals surface area contributed by atoms with Gasteiger partial charge in [-0.05, 0) is 35.7 Å². The molecule has 1 aliphatic heterocycles. The largest absolute Gasteiger partial charge is 0.378 e. The fourth-order valence-corrected chi connectivity index (χ4v) is 3.10. The number of aliphatic imine (C=N–C) groups is 1. The summed E-state index contributed by atoms with van der Waals surface area (Å²) in [5.74, 6) is 1.10. The van der Waals surface area contributed by atoms with E-state index >= 15 is 0 Å². The van der Waals surface area contributed by atoms with Crippen LogP contribution in [0.2, 0.25) is 5.02 Å². The van der Waals surface area contributed by atoms with E-state index in [2.05, 4.69) is 22.4 Å². The van der Waals surface area contributed by atoms with Crippen molar-refractivity contribution in [3.8, 4) is 0 Å². The van der Waals surface area contributed by atoms with Gasteiger partial charge >= 0.3 is 0 Å². The van der Waals surface area contributed by atoms with Crippen LogP contribution < -0.4 is 0 Å². The number of hydrogen-bond acceptors (Lipinski definition) is 3. The van der Waals surface area contributed by atoms with E-state index in [1.165, 1.54) is 4.88 Å². The quantitative estimate of drug-likeness (QED) is 0.630. The Balaban J connectivity index is 1.84. The Morgan fingerprint density at radius 2 is 1.95 bits per heavy atom. The van der Waals surface area contributed by atoms with E-state index < -0.39 is 0 Å². The van der Waals surface area contributed by atoms with Crippen LogP contribution in [0.1, 0.15) is 4.88 Å². The normalized spacial score (nSPS) is 16.2. The lowest BCUT2D eigenvalue weighted by atomic mass is 10.2. The van der Waals surface area contributed by atoms with Gasteiger partial charge in [0.25, 0.3) is 0 Å². The summed E-state index contributed by atoms with van der Waals surface area (Å²) in [6.45, 7) is 3.34. The van der Waals surface area contributed by atoms with Crippen molar-refractivity contribution in [2.75, 3.05) is 26.3 Å². The first-order valence-electron chi connectivity index (χ1n) is 6.99. The second-order valence-corrected chi connectivity index (χ2v) is 6.33. The van der Waals surface area contributed by atoms with Gasteiger partial charge < -0.3 is 9.64 Å². The molecule has 0 spiro atoms. The standard InChI is InChI=1S/C16H17ClN2OS/c17-13-3-5-14(6-4-13)18-16(12-15-2-1-11-21-15)19-7-9-20-10-8-19/h1-6,11H,7-10,12H2. The lowest BCUT2D eigenvalue weighted by Crippen LogP contribution is -2.41. The van der Waals surface area contributed by atoms with Crippen LogP contribution in [0.25, 0.3) is 0 Å². The molecular weight excluding hydrogens is 304 g/mol. The van der Waals surface area contributed by atoms with Crippen LogP contribution in [-0.2, 0) is 11.2 Å². The Morgan fingerprint density at radius 3 is 2.62 bits per heavy atom. The van der Waals surface area contributed by atoms with E-state index in [9.17, 15) is 0 Å². The molecule has 0 bridgehead atoms. The van der Waals surface area contributed by atoms with Crippen LogP contribution in [0, 0.1) is 0 Å². The average molecular weight is 321 g/mol. The molecule has 5 heteroatoms. The first-order chi connectivity index (χ1) is 10.3. The number of rotatable bonds is 3. The average Bonchev–Trinajstić information content (AvgIpc) is 3.03. The fraction of sp³-hybridized carbons (Fsp3) is 0.312. The lowest BCUT2D eigenvalue weighted by Gasteiger charge is -2.29. The predicted molar refractivity (Wildman–Crippen MR) is 89.0 cm³/mol. The Hall–Kier alpha value is -1.36. The lowest BCUT2D eigenvalue weighted by molar-refractivity contribution is 0.0674. The van der Waals surface area contributed by atoms with Crippen LogP contribution in [-0.4, -0.2) is 37.0 Å². The van der Waals surface area contributed by atoms with E-state index in [1.807, 2.05) is 24.3 Å². The zero-order valence-corrected chi connectivity index (χ0v) is 13.2. The third-order valence-electron chi connectivity index (χ3n) is 3.37. The molecule has 0 aliphatic carbocycles. The number of ether oxygens (including phenoxy) is 1. The van der Waals surface area contributed by atoms with Crippen LogP contribution in [0.5, 0.6) is 0 Å². The van der Waals surface area contributed by atoms with Gasteiger partial charge in [0.15, 0.2) is 0 Å². The highest BCUT2D eigenvalue weighted by Crippen LogP contribution is 2.19. The highest BCUT2D eigenvalue weighted by atomic mass is 35.5. The molecule has 0 amide bonds. The molecule has 2 aromatic rings. The Labute approximate surface area is 133 Å². The maximum absolute atomic E-state index is 5.94. The molecule has 1 aromatic carbocycles. The van der Waals surface area contributed by atoms with Crippen molar-refractivity contribution in [1.29, 1.82) is 0 Å². The molecule has 3 rings (SSSR count). The molecule has 110 valence electrons. The minimum absolute atomic E-state index is 0.736. The zero-order valence-electron chi connectivity index (χ0n) is 11.7. The van der Waals surface area contributed by atoms with Crippen molar-refractivity contribution in [3.63, 3.8) is 0 Å².